The molecular formula is C11H17NO4. The van der Waals surface area contributed by atoms with Crippen molar-refractivity contribution in [3.8, 4) is 0 Å². The summed E-state index contributed by atoms with van der Waals surface area (Å²) in [5.41, 5.74) is -0.769. The monoisotopic (exact) mass is 227 g/mol. The standard InChI is InChI=1S/C11H17NO4/c1-16-8-6-12(7-8)9(13)5-11(10(14)15)3-2-4-11/h8H,2-7H2,1H3,(H,14,15). The van der Waals surface area contributed by atoms with Crippen LogP contribution in [0.5, 0.6) is 0 Å². The van der Waals surface area contributed by atoms with Crippen LogP contribution in [-0.2, 0) is 14.3 Å². The topological polar surface area (TPSA) is 66.8 Å². The second kappa shape index (κ2) is 4.05. The molecule has 1 aliphatic heterocycles. The Morgan fingerprint density at radius 1 is 1.44 bits per heavy atom. The van der Waals surface area contributed by atoms with Gasteiger partial charge in [0.15, 0.2) is 0 Å². The van der Waals surface area contributed by atoms with Crippen molar-refractivity contribution in [2.75, 3.05) is 20.2 Å². The van der Waals surface area contributed by atoms with Crippen molar-refractivity contribution >= 4 is 11.9 Å². The summed E-state index contributed by atoms with van der Waals surface area (Å²) in [7, 11) is 1.62. The van der Waals surface area contributed by atoms with Gasteiger partial charge in [0.25, 0.3) is 0 Å². The second-order valence-electron chi connectivity index (χ2n) is 4.77. The first-order valence-electron chi connectivity index (χ1n) is 5.61. The highest BCUT2D eigenvalue weighted by molar-refractivity contribution is 5.86. The predicted octanol–water partition coefficient (Wildman–Crippen LogP) is 0.489. The average molecular weight is 227 g/mol. The highest BCUT2D eigenvalue weighted by Gasteiger charge is 2.47. The third-order valence-electron chi connectivity index (χ3n) is 3.79. The number of aliphatic carboxylic acids is 1. The van der Waals surface area contributed by atoms with Gasteiger partial charge < -0.3 is 14.7 Å². The van der Waals surface area contributed by atoms with Crippen molar-refractivity contribution in [1.29, 1.82) is 0 Å². The van der Waals surface area contributed by atoms with Crippen LogP contribution >= 0.6 is 0 Å². The molecule has 5 nitrogen and oxygen atoms in total. The van der Waals surface area contributed by atoms with Gasteiger partial charge in [0.2, 0.25) is 5.91 Å². The van der Waals surface area contributed by atoms with E-state index in [1.165, 1.54) is 0 Å². The van der Waals surface area contributed by atoms with Gasteiger partial charge in [0, 0.05) is 26.6 Å². The lowest BCUT2D eigenvalue weighted by atomic mass is 9.66. The molecule has 0 unspecified atom stereocenters. The number of carbonyl (C=O) groups is 2. The Morgan fingerprint density at radius 2 is 2.06 bits per heavy atom. The largest absolute Gasteiger partial charge is 0.481 e. The van der Waals surface area contributed by atoms with E-state index in [1.54, 1.807) is 12.0 Å². The lowest BCUT2D eigenvalue weighted by Gasteiger charge is -2.42. The molecule has 1 N–H and O–H groups in total. The van der Waals surface area contributed by atoms with Crippen molar-refractivity contribution < 1.29 is 19.4 Å². The SMILES string of the molecule is COC1CN(C(=O)CC2(C(=O)O)CCC2)C1. The van der Waals surface area contributed by atoms with Gasteiger partial charge in [-0.2, -0.15) is 0 Å². The molecule has 5 heteroatoms. The van der Waals surface area contributed by atoms with Crippen molar-refractivity contribution in [3.63, 3.8) is 0 Å². The summed E-state index contributed by atoms with van der Waals surface area (Å²) in [6.07, 6.45) is 2.47. The molecule has 1 saturated heterocycles. The number of carboxylic acid groups (broad SMARTS) is 1. The van der Waals surface area contributed by atoms with Crippen LogP contribution in [0.3, 0.4) is 0 Å². The Hall–Kier alpha value is -1.10. The molecule has 0 bridgehead atoms. The number of nitrogens with zero attached hydrogens (tertiary/aromatic N) is 1. The van der Waals surface area contributed by atoms with Crippen molar-refractivity contribution in [1.82, 2.24) is 4.90 Å². The fraction of sp³-hybridized carbons (Fsp3) is 0.818. The Morgan fingerprint density at radius 3 is 2.44 bits per heavy atom. The smallest absolute Gasteiger partial charge is 0.310 e. The van der Waals surface area contributed by atoms with Gasteiger partial charge in [-0.3, -0.25) is 9.59 Å². The Labute approximate surface area is 94.4 Å². The summed E-state index contributed by atoms with van der Waals surface area (Å²) < 4.78 is 5.07. The van der Waals surface area contributed by atoms with E-state index in [0.717, 1.165) is 6.42 Å². The van der Waals surface area contributed by atoms with Crippen LogP contribution < -0.4 is 0 Å². The van der Waals surface area contributed by atoms with Crippen LogP contribution in [0.2, 0.25) is 0 Å². The van der Waals surface area contributed by atoms with Crippen molar-refractivity contribution in [2.45, 2.75) is 31.8 Å². The van der Waals surface area contributed by atoms with Crippen LogP contribution in [0.15, 0.2) is 0 Å². The molecule has 0 aromatic carbocycles. The van der Waals surface area contributed by atoms with Gasteiger partial charge >= 0.3 is 5.97 Å². The third kappa shape index (κ3) is 1.80. The highest BCUT2D eigenvalue weighted by atomic mass is 16.5. The van der Waals surface area contributed by atoms with E-state index in [2.05, 4.69) is 0 Å². The summed E-state index contributed by atoms with van der Waals surface area (Å²) in [4.78, 5) is 24.6. The van der Waals surface area contributed by atoms with Gasteiger partial charge in [-0.05, 0) is 12.8 Å². The van der Waals surface area contributed by atoms with Crippen LogP contribution in [-0.4, -0.2) is 48.2 Å². The molecule has 1 aliphatic carbocycles. The highest BCUT2D eigenvalue weighted by Crippen LogP contribution is 2.44. The maximum Gasteiger partial charge on any atom is 0.310 e. The normalized spacial score (nSPS) is 23.4. The van der Waals surface area contributed by atoms with Crippen LogP contribution in [0.25, 0.3) is 0 Å². The number of carboxylic acids is 1. The number of hydrogen-bond acceptors (Lipinski definition) is 3. The van der Waals surface area contributed by atoms with E-state index in [9.17, 15) is 9.59 Å². The number of ether oxygens (including phenoxy) is 1. The fourth-order valence-electron chi connectivity index (χ4n) is 2.26. The minimum absolute atomic E-state index is 0.0459. The zero-order valence-corrected chi connectivity index (χ0v) is 9.44. The summed E-state index contributed by atoms with van der Waals surface area (Å²) in [5.74, 6) is -0.869. The average Bonchev–Trinajstić information content (AvgIpc) is 2.09. The molecule has 16 heavy (non-hydrogen) atoms. The first kappa shape index (κ1) is 11.4. The minimum Gasteiger partial charge on any atom is -0.481 e. The lowest BCUT2D eigenvalue weighted by molar-refractivity contribution is -0.162. The lowest BCUT2D eigenvalue weighted by Crippen LogP contribution is -2.56. The molecule has 1 heterocycles. The summed E-state index contributed by atoms with van der Waals surface area (Å²) in [6, 6.07) is 0. The molecular weight excluding hydrogens is 210 g/mol. The molecule has 90 valence electrons. The van der Waals surface area contributed by atoms with E-state index in [0.29, 0.717) is 25.9 Å². The van der Waals surface area contributed by atoms with Gasteiger partial charge in [0.05, 0.1) is 11.5 Å². The van der Waals surface area contributed by atoms with Gasteiger partial charge in [-0.15, -0.1) is 0 Å². The van der Waals surface area contributed by atoms with Crippen LogP contribution in [0, 0.1) is 5.41 Å². The number of amides is 1. The van der Waals surface area contributed by atoms with Gasteiger partial charge in [0.1, 0.15) is 0 Å². The molecule has 0 radical (unpaired) electrons. The first-order valence-corrected chi connectivity index (χ1v) is 5.61. The van der Waals surface area contributed by atoms with Crippen LogP contribution in [0.4, 0.5) is 0 Å². The van der Waals surface area contributed by atoms with E-state index in [1.807, 2.05) is 0 Å². The molecule has 0 spiro atoms. The summed E-state index contributed by atoms with van der Waals surface area (Å²) >= 11 is 0. The zero-order valence-electron chi connectivity index (χ0n) is 9.44. The number of rotatable bonds is 4. The summed E-state index contributed by atoms with van der Waals surface area (Å²) in [5, 5.41) is 9.11. The van der Waals surface area contributed by atoms with E-state index >= 15 is 0 Å². The first-order chi connectivity index (χ1) is 7.57. The second-order valence-corrected chi connectivity index (χ2v) is 4.77. The Balaban J connectivity index is 1.85. The number of carbonyl (C=O) groups excluding carboxylic acids is 1. The fourth-order valence-corrected chi connectivity index (χ4v) is 2.26. The van der Waals surface area contributed by atoms with Crippen molar-refractivity contribution in [2.24, 2.45) is 5.41 Å². The van der Waals surface area contributed by atoms with E-state index in [-0.39, 0.29) is 18.4 Å². The number of hydrogen-bond donors (Lipinski definition) is 1. The third-order valence-corrected chi connectivity index (χ3v) is 3.79. The molecule has 1 saturated carbocycles. The Kier molecular flexibility index (Phi) is 2.88. The zero-order chi connectivity index (χ0) is 11.8. The quantitative estimate of drug-likeness (QED) is 0.759. The molecule has 2 fully saturated rings. The number of methoxy groups -OCH3 is 1. The summed E-state index contributed by atoms with van der Waals surface area (Å²) in [6.45, 7) is 1.20. The Bertz CT molecular complexity index is 305. The maximum atomic E-state index is 11.8. The minimum atomic E-state index is -0.823. The molecule has 1 amide bonds. The van der Waals surface area contributed by atoms with Gasteiger partial charge in [-0.1, -0.05) is 6.42 Å². The molecule has 2 rings (SSSR count). The van der Waals surface area contributed by atoms with E-state index in [4.69, 9.17) is 9.84 Å². The molecule has 0 aromatic heterocycles. The molecule has 0 atom stereocenters. The molecule has 0 aromatic rings. The predicted molar refractivity (Wildman–Crippen MR) is 55.9 cm³/mol. The van der Waals surface area contributed by atoms with Gasteiger partial charge in [-0.25, -0.2) is 0 Å². The van der Waals surface area contributed by atoms with E-state index < -0.39 is 11.4 Å². The number of likely N-dealkylation sites (tertiary alicyclic amines) is 1. The molecule has 2 aliphatic rings. The maximum absolute atomic E-state index is 11.8. The van der Waals surface area contributed by atoms with Crippen molar-refractivity contribution in [3.05, 3.63) is 0 Å². The van der Waals surface area contributed by atoms with Crippen LogP contribution in [0.1, 0.15) is 25.7 Å².